The first-order chi connectivity index (χ1) is 15.0. The molecular formula is C26H48O5. The van der Waals surface area contributed by atoms with E-state index < -0.39 is 12.2 Å². The van der Waals surface area contributed by atoms with Gasteiger partial charge in [0.25, 0.3) is 0 Å². The molecule has 1 saturated heterocycles. The number of hydrogen-bond donors (Lipinski definition) is 0. The van der Waals surface area contributed by atoms with Crippen molar-refractivity contribution < 1.29 is 23.8 Å². The van der Waals surface area contributed by atoms with E-state index in [4.69, 9.17) is 14.2 Å². The first-order valence-electron chi connectivity index (χ1n) is 13.0. The minimum absolute atomic E-state index is 0.324. The average Bonchev–Trinajstić information content (AvgIpc) is 3.26. The lowest BCUT2D eigenvalue weighted by atomic mass is 9.97. The molecule has 0 aromatic carbocycles. The summed E-state index contributed by atoms with van der Waals surface area (Å²) >= 11 is 0. The molecule has 0 aromatic rings. The predicted molar refractivity (Wildman–Crippen MR) is 125 cm³/mol. The number of hydrogen-bond acceptors (Lipinski definition) is 5. The van der Waals surface area contributed by atoms with Crippen molar-refractivity contribution in [1.29, 1.82) is 0 Å². The Kier molecular flexibility index (Phi) is 15.7. The van der Waals surface area contributed by atoms with Gasteiger partial charge in [-0.05, 0) is 50.4 Å². The van der Waals surface area contributed by atoms with E-state index in [1.54, 1.807) is 0 Å². The summed E-state index contributed by atoms with van der Waals surface area (Å²) in [6, 6.07) is 0. The molecule has 1 fully saturated rings. The van der Waals surface area contributed by atoms with E-state index in [2.05, 4.69) is 27.7 Å². The van der Waals surface area contributed by atoms with Crippen LogP contribution in [0, 0.1) is 11.8 Å². The van der Waals surface area contributed by atoms with Gasteiger partial charge in [-0.25, -0.2) is 9.59 Å². The summed E-state index contributed by atoms with van der Waals surface area (Å²) in [6.45, 7) is 9.65. The summed E-state index contributed by atoms with van der Waals surface area (Å²) in [5.74, 6) is 0.197. The Morgan fingerprint density at radius 3 is 1.45 bits per heavy atom. The van der Waals surface area contributed by atoms with Gasteiger partial charge in [0, 0.05) is 0 Å². The summed E-state index contributed by atoms with van der Waals surface area (Å²) in [5, 5.41) is 0. The first kappa shape index (κ1) is 27.9. The van der Waals surface area contributed by atoms with E-state index in [-0.39, 0.29) is 11.9 Å². The Morgan fingerprint density at radius 1 is 0.677 bits per heavy atom. The first-order valence-corrected chi connectivity index (χ1v) is 13.0. The van der Waals surface area contributed by atoms with Crippen LogP contribution in [0.25, 0.3) is 0 Å². The second-order valence-corrected chi connectivity index (χ2v) is 9.25. The molecule has 0 spiro atoms. The van der Waals surface area contributed by atoms with Gasteiger partial charge in [0.1, 0.15) is 0 Å². The van der Waals surface area contributed by atoms with Crippen molar-refractivity contribution in [3.05, 3.63) is 0 Å². The van der Waals surface area contributed by atoms with Gasteiger partial charge in [-0.1, -0.05) is 79.1 Å². The third kappa shape index (κ3) is 11.9. The van der Waals surface area contributed by atoms with Crippen molar-refractivity contribution in [3.63, 3.8) is 0 Å². The zero-order valence-corrected chi connectivity index (χ0v) is 20.7. The van der Waals surface area contributed by atoms with E-state index in [1.807, 2.05) is 0 Å². The summed E-state index contributed by atoms with van der Waals surface area (Å²) in [5.41, 5.74) is 0. The molecule has 0 amide bonds. The fourth-order valence-electron chi connectivity index (χ4n) is 4.37. The van der Waals surface area contributed by atoms with Crippen LogP contribution >= 0.6 is 0 Å². The minimum atomic E-state index is -0.633. The smallest absolute Gasteiger partial charge is 0.335 e. The maximum Gasteiger partial charge on any atom is 0.335 e. The van der Waals surface area contributed by atoms with Gasteiger partial charge < -0.3 is 14.2 Å². The van der Waals surface area contributed by atoms with Gasteiger partial charge in [0.05, 0.1) is 13.2 Å². The Hall–Kier alpha value is -1.10. The molecule has 182 valence electrons. The quantitative estimate of drug-likeness (QED) is 0.177. The van der Waals surface area contributed by atoms with E-state index in [0.717, 1.165) is 38.5 Å². The Bertz CT molecular complexity index is 436. The number of ether oxygens (including phenoxy) is 3. The SMILES string of the molecule is CCCCCC(CCC)COC(=O)C1CCC(C(=O)OCC(CCC)CCCCC)O1. The molecule has 0 saturated carbocycles. The summed E-state index contributed by atoms with van der Waals surface area (Å²) < 4.78 is 16.9. The van der Waals surface area contributed by atoms with Gasteiger partial charge in [0.2, 0.25) is 0 Å². The van der Waals surface area contributed by atoms with Crippen molar-refractivity contribution in [2.45, 2.75) is 130 Å². The molecule has 0 N–H and O–H groups in total. The van der Waals surface area contributed by atoms with Gasteiger partial charge in [-0.2, -0.15) is 0 Å². The van der Waals surface area contributed by atoms with Crippen LogP contribution in [0.4, 0.5) is 0 Å². The third-order valence-corrected chi connectivity index (χ3v) is 6.29. The zero-order valence-electron chi connectivity index (χ0n) is 20.7. The third-order valence-electron chi connectivity index (χ3n) is 6.29. The van der Waals surface area contributed by atoms with E-state index in [1.165, 1.54) is 38.5 Å². The Morgan fingerprint density at radius 2 is 1.10 bits per heavy atom. The second kappa shape index (κ2) is 17.5. The molecule has 5 heteroatoms. The minimum Gasteiger partial charge on any atom is -0.463 e. The highest BCUT2D eigenvalue weighted by Gasteiger charge is 2.37. The highest BCUT2D eigenvalue weighted by Crippen LogP contribution is 2.24. The number of carbonyl (C=O) groups is 2. The van der Waals surface area contributed by atoms with Crippen LogP contribution in [0.1, 0.15) is 118 Å². The van der Waals surface area contributed by atoms with Gasteiger partial charge in [-0.15, -0.1) is 0 Å². The topological polar surface area (TPSA) is 61.8 Å². The number of unbranched alkanes of at least 4 members (excludes halogenated alkanes) is 4. The zero-order chi connectivity index (χ0) is 22.9. The normalized spacial score (nSPS) is 20.4. The molecule has 0 radical (unpaired) electrons. The second-order valence-electron chi connectivity index (χ2n) is 9.25. The molecule has 4 unspecified atom stereocenters. The number of esters is 2. The van der Waals surface area contributed by atoms with Crippen molar-refractivity contribution in [3.8, 4) is 0 Å². The highest BCUT2D eigenvalue weighted by molar-refractivity contribution is 5.79. The molecule has 0 aliphatic carbocycles. The van der Waals surface area contributed by atoms with E-state index >= 15 is 0 Å². The molecule has 1 aliphatic heterocycles. The van der Waals surface area contributed by atoms with Crippen LogP contribution in [-0.2, 0) is 23.8 Å². The molecule has 1 aliphatic rings. The van der Waals surface area contributed by atoms with E-state index in [0.29, 0.717) is 37.9 Å². The molecule has 1 rings (SSSR count). The fraction of sp³-hybridized carbons (Fsp3) is 0.923. The lowest BCUT2D eigenvalue weighted by Crippen LogP contribution is -2.30. The van der Waals surface area contributed by atoms with Crippen molar-refractivity contribution >= 4 is 11.9 Å². The predicted octanol–water partition coefficient (Wildman–Crippen LogP) is 6.61. The molecule has 31 heavy (non-hydrogen) atoms. The molecule has 0 aromatic heterocycles. The standard InChI is InChI=1S/C26H48O5/c1-5-9-11-15-21(13-7-3)19-29-25(27)23-17-18-24(31-23)26(28)30-20-22(14-8-4)16-12-10-6-2/h21-24H,5-20H2,1-4H3. The van der Waals surface area contributed by atoms with Crippen LogP contribution in [-0.4, -0.2) is 37.4 Å². The lowest BCUT2D eigenvalue weighted by molar-refractivity contribution is -0.166. The van der Waals surface area contributed by atoms with E-state index in [9.17, 15) is 9.59 Å². The monoisotopic (exact) mass is 440 g/mol. The Labute approximate surface area is 191 Å². The van der Waals surface area contributed by atoms with Crippen LogP contribution in [0.5, 0.6) is 0 Å². The van der Waals surface area contributed by atoms with Crippen LogP contribution in [0.15, 0.2) is 0 Å². The molecular weight excluding hydrogens is 392 g/mol. The van der Waals surface area contributed by atoms with Crippen LogP contribution in [0.3, 0.4) is 0 Å². The number of carbonyl (C=O) groups excluding carboxylic acids is 2. The number of rotatable bonds is 18. The summed E-state index contributed by atoms with van der Waals surface area (Å²) in [6.07, 6.45) is 13.6. The Balaban J connectivity index is 2.36. The summed E-state index contributed by atoms with van der Waals surface area (Å²) in [4.78, 5) is 24.9. The summed E-state index contributed by atoms with van der Waals surface area (Å²) in [7, 11) is 0. The molecule has 5 nitrogen and oxygen atoms in total. The van der Waals surface area contributed by atoms with Crippen LogP contribution < -0.4 is 0 Å². The van der Waals surface area contributed by atoms with Gasteiger partial charge >= 0.3 is 11.9 Å². The van der Waals surface area contributed by atoms with Crippen molar-refractivity contribution in [1.82, 2.24) is 0 Å². The van der Waals surface area contributed by atoms with Gasteiger partial charge in [0.15, 0.2) is 12.2 Å². The van der Waals surface area contributed by atoms with Crippen LogP contribution in [0.2, 0.25) is 0 Å². The molecule has 1 heterocycles. The maximum absolute atomic E-state index is 12.5. The van der Waals surface area contributed by atoms with Crippen molar-refractivity contribution in [2.24, 2.45) is 11.8 Å². The largest absolute Gasteiger partial charge is 0.463 e. The maximum atomic E-state index is 12.5. The molecule has 4 atom stereocenters. The highest BCUT2D eigenvalue weighted by atomic mass is 16.6. The molecule has 0 bridgehead atoms. The fourth-order valence-corrected chi connectivity index (χ4v) is 4.37. The lowest BCUT2D eigenvalue weighted by Gasteiger charge is -2.19. The van der Waals surface area contributed by atoms with Gasteiger partial charge in [-0.3, -0.25) is 0 Å². The average molecular weight is 441 g/mol. The van der Waals surface area contributed by atoms with Crippen molar-refractivity contribution in [2.75, 3.05) is 13.2 Å².